The molecule has 4 heteroatoms. The molecule has 1 aromatic rings. The number of anilines is 2. The maximum absolute atomic E-state index is 4.64. The fourth-order valence-corrected chi connectivity index (χ4v) is 3.51. The minimum atomic E-state index is 0.489. The maximum Gasteiger partial charge on any atom is 0.128 e. The lowest BCUT2D eigenvalue weighted by molar-refractivity contribution is 0.523. The highest BCUT2D eigenvalue weighted by molar-refractivity contribution is 5.49. The molecule has 0 spiro atoms. The summed E-state index contributed by atoms with van der Waals surface area (Å²) < 4.78 is 0. The van der Waals surface area contributed by atoms with Crippen LogP contribution in [0, 0.1) is 0 Å². The number of hydrogen-bond acceptors (Lipinski definition) is 4. The predicted octanol–water partition coefficient (Wildman–Crippen LogP) is 3.01. The Balaban J connectivity index is 1.51. The Bertz CT molecular complexity index is 419. The fourth-order valence-electron chi connectivity index (χ4n) is 3.51. The lowest BCUT2D eigenvalue weighted by Crippen LogP contribution is -2.30. The Labute approximate surface area is 128 Å². The van der Waals surface area contributed by atoms with E-state index in [0.717, 1.165) is 24.6 Å². The van der Waals surface area contributed by atoms with E-state index in [-0.39, 0.29) is 0 Å². The standard InChI is InChI=1S/C17H28N4/c1-14(12-15-6-5-9-18-15)20-16-7-8-17(19-13-16)21-10-3-2-4-11-21/h7-8,13-15,18,20H,2-6,9-12H2,1H3. The third kappa shape index (κ3) is 4.10. The van der Waals surface area contributed by atoms with Crippen molar-refractivity contribution in [3.05, 3.63) is 18.3 Å². The summed E-state index contributed by atoms with van der Waals surface area (Å²) in [5.74, 6) is 1.13. The Kier molecular flexibility index (Phi) is 4.96. The highest BCUT2D eigenvalue weighted by Crippen LogP contribution is 2.20. The Morgan fingerprint density at radius 2 is 2.14 bits per heavy atom. The number of nitrogens with one attached hydrogen (secondary N) is 2. The first-order chi connectivity index (χ1) is 10.3. The molecule has 2 aliphatic heterocycles. The monoisotopic (exact) mass is 288 g/mol. The molecule has 2 fully saturated rings. The van der Waals surface area contributed by atoms with E-state index in [1.807, 2.05) is 6.20 Å². The van der Waals surface area contributed by atoms with Gasteiger partial charge in [-0.1, -0.05) is 0 Å². The van der Waals surface area contributed by atoms with Crippen LogP contribution in [0.1, 0.15) is 45.4 Å². The predicted molar refractivity (Wildman–Crippen MR) is 89.0 cm³/mol. The van der Waals surface area contributed by atoms with Crippen LogP contribution in [0.25, 0.3) is 0 Å². The molecule has 4 nitrogen and oxygen atoms in total. The minimum absolute atomic E-state index is 0.489. The average Bonchev–Trinajstić information content (AvgIpc) is 3.02. The van der Waals surface area contributed by atoms with E-state index in [4.69, 9.17) is 0 Å². The van der Waals surface area contributed by atoms with Crippen LogP contribution in [0.4, 0.5) is 11.5 Å². The van der Waals surface area contributed by atoms with E-state index in [9.17, 15) is 0 Å². The van der Waals surface area contributed by atoms with Crippen molar-refractivity contribution < 1.29 is 0 Å². The van der Waals surface area contributed by atoms with Crippen molar-refractivity contribution in [2.45, 2.75) is 57.5 Å². The van der Waals surface area contributed by atoms with Crippen molar-refractivity contribution in [1.82, 2.24) is 10.3 Å². The van der Waals surface area contributed by atoms with Crippen LogP contribution in [-0.2, 0) is 0 Å². The van der Waals surface area contributed by atoms with Gasteiger partial charge in [0.05, 0.1) is 11.9 Å². The van der Waals surface area contributed by atoms with Gasteiger partial charge in [-0.25, -0.2) is 4.98 Å². The Morgan fingerprint density at radius 1 is 1.29 bits per heavy atom. The molecule has 2 saturated heterocycles. The molecule has 2 N–H and O–H groups in total. The van der Waals surface area contributed by atoms with Crippen LogP contribution in [0.2, 0.25) is 0 Å². The molecule has 0 aromatic carbocycles. The van der Waals surface area contributed by atoms with Gasteiger partial charge in [0.2, 0.25) is 0 Å². The molecule has 0 saturated carbocycles. The molecule has 0 aliphatic carbocycles. The van der Waals surface area contributed by atoms with Gasteiger partial charge in [-0.15, -0.1) is 0 Å². The quantitative estimate of drug-likeness (QED) is 0.874. The van der Waals surface area contributed by atoms with Crippen molar-refractivity contribution in [1.29, 1.82) is 0 Å². The first-order valence-electron chi connectivity index (χ1n) is 8.52. The molecular formula is C17H28N4. The maximum atomic E-state index is 4.64. The van der Waals surface area contributed by atoms with Crippen LogP contribution in [0.3, 0.4) is 0 Å². The van der Waals surface area contributed by atoms with Crippen LogP contribution < -0.4 is 15.5 Å². The van der Waals surface area contributed by atoms with Gasteiger partial charge in [-0.2, -0.15) is 0 Å². The van der Waals surface area contributed by atoms with Crippen LogP contribution >= 0.6 is 0 Å². The zero-order valence-corrected chi connectivity index (χ0v) is 13.1. The van der Waals surface area contributed by atoms with Gasteiger partial charge < -0.3 is 15.5 Å². The van der Waals surface area contributed by atoms with Crippen LogP contribution in [0.5, 0.6) is 0 Å². The first-order valence-corrected chi connectivity index (χ1v) is 8.52. The molecule has 3 rings (SSSR count). The van der Waals surface area contributed by atoms with Gasteiger partial charge in [-0.05, 0) is 64.1 Å². The zero-order valence-electron chi connectivity index (χ0n) is 13.1. The van der Waals surface area contributed by atoms with Gasteiger partial charge in [0, 0.05) is 25.2 Å². The van der Waals surface area contributed by atoms with Gasteiger partial charge in [0.15, 0.2) is 0 Å². The van der Waals surface area contributed by atoms with Crippen molar-refractivity contribution in [2.24, 2.45) is 0 Å². The highest BCUT2D eigenvalue weighted by atomic mass is 15.2. The third-order valence-corrected chi connectivity index (χ3v) is 4.64. The molecule has 21 heavy (non-hydrogen) atoms. The number of piperidine rings is 1. The minimum Gasteiger partial charge on any atom is -0.381 e. The topological polar surface area (TPSA) is 40.2 Å². The van der Waals surface area contributed by atoms with Crippen molar-refractivity contribution in [3.8, 4) is 0 Å². The number of pyridine rings is 1. The van der Waals surface area contributed by atoms with Gasteiger partial charge in [-0.3, -0.25) is 0 Å². The smallest absolute Gasteiger partial charge is 0.128 e. The highest BCUT2D eigenvalue weighted by Gasteiger charge is 2.17. The molecule has 0 bridgehead atoms. The van der Waals surface area contributed by atoms with Gasteiger partial charge in [0.1, 0.15) is 5.82 Å². The van der Waals surface area contributed by atoms with E-state index in [1.165, 1.54) is 45.1 Å². The second-order valence-corrected chi connectivity index (χ2v) is 6.53. The van der Waals surface area contributed by atoms with E-state index in [1.54, 1.807) is 0 Å². The fraction of sp³-hybridized carbons (Fsp3) is 0.706. The van der Waals surface area contributed by atoms with E-state index in [2.05, 4.69) is 39.6 Å². The number of nitrogens with zero attached hydrogens (tertiary/aromatic N) is 2. The number of rotatable bonds is 5. The SMILES string of the molecule is CC(CC1CCCN1)Nc1ccc(N2CCCCC2)nc1. The summed E-state index contributed by atoms with van der Waals surface area (Å²) in [6.45, 7) is 5.76. The molecule has 2 unspecified atom stereocenters. The van der Waals surface area contributed by atoms with E-state index >= 15 is 0 Å². The van der Waals surface area contributed by atoms with Crippen molar-refractivity contribution in [2.75, 3.05) is 29.9 Å². The largest absolute Gasteiger partial charge is 0.381 e. The van der Waals surface area contributed by atoms with Crippen molar-refractivity contribution in [3.63, 3.8) is 0 Å². The normalized spacial score (nSPS) is 24.0. The summed E-state index contributed by atoms with van der Waals surface area (Å²) in [5, 5.41) is 7.14. The molecule has 0 amide bonds. The molecule has 116 valence electrons. The van der Waals surface area contributed by atoms with Gasteiger partial charge in [0.25, 0.3) is 0 Å². The summed E-state index contributed by atoms with van der Waals surface area (Å²) in [6.07, 6.45) is 9.78. The zero-order chi connectivity index (χ0) is 14.5. The van der Waals surface area contributed by atoms with Crippen LogP contribution in [0.15, 0.2) is 18.3 Å². The molecular weight excluding hydrogens is 260 g/mol. The summed E-state index contributed by atoms with van der Waals surface area (Å²) in [7, 11) is 0. The number of aromatic nitrogens is 1. The van der Waals surface area contributed by atoms with Crippen LogP contribution in [-0.4, -0.2) is 36.7 Å². The van der Waals surface area contributed by atoms with Gasteiger partial charge >= 0.3 is 0 Å². The molecule has 2 aliphatic rings. The third-order valence-electron chi connectivity index (χ3n) is 4.64. The Morgan fingerprint density at radius 3 is 2.81 bits per heavy atom. The summed E-state index contributed by atoms with van der Waals surface area (Å²) in [6, 6.07) is 5.51. The second-order valence-electron chi connectivity index (χ2n) is 6.53. The lowest BCUT2D eigenvalue weighted by atomic mass is 10.1. The number of hydrogen-bond donors (Lipinski definition) is 2. The summed E-state index contributed by atoms with van der Waals surface area (Å²) in [5.41, 5.74) is 1.14. The second kappa shape index (κ2) is 7.12. The molecule has 3 heterocycles. The molecule has 0 radical (unpaired) electrons. The summed E-state index contributed by atoms with van der Waals surface area (Å²) in [4.78, 5) is 7.04. The lowest BCUT2D eigenvalue weighted by Gasteiger charge is -2.28. The van der Waals surface area contributed by atoms with Crippen molar-refractivity contribution >= 4 is 11.5 Å². The first kappa shape index (κ1) is 14.6. The Hall–Kier alpha value is -1.29. The van der Waals surface area contributed by atoms with E-state index < -0.39 is 0 Å². The average molecular weight is 288 g/mol. The van der Waals surface area contributed by atoms with E-state index in [0.29, 0.717) is 12.1 Å². The molecule has 1 aromatic heterocycles. The molecule has 2 atom stereocenters. The summed E-state index contributed by atoms with van der Waals surface area (Å²) >= 11 is 0.